The van der Waals surface area contributed by atoms with Gasteiger partial charge < -0.3 is 9.29 Å². The van der Waals surface area contributed by atoms with Crippen LogP contribution in [-0.2, 0) is 23.9 Å². The third kappa shape index (κ3) is 3.10. The molecule has 1 saturated heterocycles. The molecule has 0 aromatic rings. The number of aliphatic carboxylic acids is 1. The third-order valence-electron chi connectivity index (χ3n) is 1.95. The molecule has 1 atom stereocenters. The summed E-state index contributed by atoms with van der Waals surface area (Å²) in [4.78, 5) is 22.9. The van der Waals surface area contributed by atoms with Crippen molar-refractivity contribution in [2.75, 3.05) is 6.26 Å². The molecule has 1 amide bonds. The lowest BCUT2D eigenvalue weighted by atomic mass is 10.1. The van der Waals surface area contributed by atoms with Crippen molar-refractivity contribution in [3.05, 3.63) is 11.5 Å². The second-order valence-corrected chi connectivity index (χ2v) is 5.48. The number of carbonyl (C=O) groups is 2. The van der Waals surface area contributed by atoms with E-state index >= 15 is 0 Å². The summed E-state index contributed by atoms with van der Waals surface area (Å²) in [5.41, 5.74) is -1.36. The Balaban J connectivity index is 3.12. The molecule has 1 N–H and O–H groups in total. The minimum absolute atomic E-state index is 0.00445. The molecular formula is C8H10ClNO6S. The highest BCUT2D eigenvalue weighted by atomic mass is 35.5. The molecular weight excluding hydrogens is 274 g/mol. The fraction of sp³-hybridized carbons (Fsp3) is 0.500. The van der Waals surface area contributed by atoms with E-state index in [1.54, 1.807) is 0 Å². The van der Waals surface area contributed by atoms with Gasteiger partial charge in [-0.2, -0.15) is 8.42 Å². The number of hydrogen-bond donors (Lipinski definition) is 1. The molecule has 0 bridgehead atoms. The number of alkyl halides is 1. The van der Waals surface area contributed by atoms with Gasteiger partial charge in [0.2, 0.25) is 5.91 Å². The molecule has 1 rings (SSSR count). The van der Waals surface area contributed by atoms with Crippen molar-refractivity contribution in [3.8, 4) is 0 Å². The Kier molecular flexibility index (Phi) is 3.68. The average Bonchev–Trinajstić information content (AvgIpc) is 2.10. The lowest BCUT2D eigenvalue weighted by Gasteiger charge is -2.36. The quantitative estimate of drug-likeness (QED) is 0.196. The highest BCUT2D eigenvalue weighted by Gasteiger charge is 2.41. The summed E-state index contributed by atoms with van der Waals surface area (Å²) in [5, 5.41) is 8.93. The number of carbonyl (C=O) groups excluding carboxylic acids is 1. The van der Waals surface area contributed by atoms with Crippen molar-refractivity contribution >= 4 is 33.6 Å². The Morgan fingerprint density at radius 2 is 2.12 bits per heavy atom. The number of halogens is 1. The average molecular weight is 284 g/mol. The Bertz CT molecular complexity index is 496. The molecule has 0 saturated carbocycles. The molecule has 17 heavy (non-hydrogen) atoms. The molecule has 7 nitrogen and oxygen atoms in total. The maximum atomic E-state index is 11.2. The first-order valence-electron chi connectivity index (χ1n) is 4.43. The predicted octanol–water partition coefficient (Wildman–Crippen LogP) is 0.0759. The van der Waals surface area contributed by atoms with Crippen LogP contribution in [0, 0.1) is 0 Å². The van der Waals surface area contributed by atoms with E-state index in [1.165, 1.54) is 0 Å². The SMILES string of the molecule is CC(OS(C)(=O)=O)=C(C(=O)O)N1C(=O)CC1Cl. The van der Waals surface area contributed by atoms with Crippen molar-refractivity contribution in [3.63, 3.8) is 0 Å². The maximum Gasteiger partial charge on any atom is 0.356 e. The van der Waals surface area contributed by atoms with E-state index in [2.05, 4.69) is 4.18 Å². The van der Waals surface area contributed by atoms with E-state index < -0.39 is 39.0 Å². The van der Waals surface area contributed by atoms with Gasteiger partial charge in [-0.05, 0) is 6.92 Å². The van der Waals surface area contributed by atoms with Gasteiger partial charge in [0, 0.05) is 0 Å². The highest BCUT2D eigenvalue weighted by Crippen LogP contribution is 2.29. The van der Waals surface area contributed by atoms with Crippen LogP contribution in [0.5, 0.6) is 0 Å². The molecule has 0 radical (unpaired) electrons. The Hall–Kier alpha value is -1.28. The first kappa shape index (κ1) is 13.8. The van der Waals surface area contributed by atoms with Crippen molar-refractivity contribution in [2.24, 2.45) is 0 Å². The summed E-state index contributed by atoms with van der Waals surface area (Å²) in [6, 6.07) is 0. The zero-order chi connectivity index (χ0) is 13.4. The van der Waals surface area contributed by atoms with Gasteiger partial charge >= 0.3 is 16.1 Å². The lowest BCUT2D eigenvalue weighted by molar-refractivity contribution is -0.146. The number of carboxylic acid groups (broad SMARTS) is 1. The van der Waals surface area contributed by atoms with E-state index in [0.717, 1.165) is 18.1 Å². The largest absolute Gasteiger partial charge is 0.476 e. The highest BCUT2D eigenvalue weighted by molar-refractivity contribution is 7.86. The van der Waals surface area contributed by atoms with Gasteiger partial charge in [0.1, 0.15) is 11.3 Å². The summed E-state index contributed by atoms with van der Waals surface area (Å²) in [7, 11) is -3.86. The molecule has 1 aliphatic rings. The Labute approximate surface area is 103 Å². The summed E-state index contributed by atoms with van der Waals surface area (Å²) >= 11 is 5.67. The molecule has 1 aliphatic heterocycles. The first-order valence-corrected chi connectivity index (χ1v) is 6.68. The minimum atomic E-state index is -3.86. The fourth-order valence-electron chi connectivity index (χ4n) is 1.33. The fourth-order valence-corrected chi connectivity index (χ4v) is 2.20. The third-order valence-corrected chi connectivity index (χ3v) is 2.85. The Morgan fingerprint density at radius 1 is 1.59 bits per heavy atom. The van der Waals surface area contributed by atoms with Crippen LogP contribution in [0.1, 0.15) is 13.3 Å². The van der Waals surface area contributed by atoms with Crippen LogP contribution in [0.3, 0.4) is 0 Å². The van der Waals surface area contributed by atoms with Crippen LogP contribution in [0.25, 0.3) is 0 Å². The summed E-state index contributed by atoms with van der Waals surface area (Å²) in [6.07, 6.45) is 0.774. The van der Waals surface area contributed by atoms with Gasteiger partial charge in [-0.3, -0.25) is 9.69 Å². The second-order valence-electron chi connectivity index (χ2n) is 3.40. The van der Waals surface area contributed by atoms with Crippen LogP contribution in [0.2, 0.25) is 0 Å². The van der Waals surface area contributed by atoms with E-state index in [1.807, 2.05) is 0 Å². The monoisotopic (exact) mass is 283 g/mol. The van der Waals surface area contributed by atoms with Crippen molar-refractivity contribution in [2.45, 2.75) is 18.8 Å². The number of carboxylic acids is 1. The zero-order valence-corrected chi connectivity index (χ0v) is 10.6. The van der Waals surface area contributed by atoms with Gasteiger partial charge in [-0.15, -0.1) is 0 Å². The maximum absolute atomic E-state index is 11.2. The number of rotatable bonds is 4. The molecule has 0 spiro atoms. The van der Waals surface area contributed by atoms with Gasteiger partial charge in [0.15, 0.2) is 5.70 Å². The molecule has 1 unspecified atom stereocenters. The van der Waals surface area contributed by atoms with Gasteiger partial charge in [-0.25, -0.2) is 4.79 Å². The van der Waals surface area contributed by atoms with Gasteiger partial charge in [-0.1, -0.05) is 11.6 Å². The van der Waals surface area contributed by atoms with Crippen LogP contribution in [0.4, 0.5) is 0 Å². The van der Waals surface area contributed by atoms with E-state index in [9.17, 15) is 18.0 Å². The van der Waals surface area contributed by atoms with E-state index in [0.29, 0.717) is 0 Å². The second kappa shape index (κ2) is 4.53. The number of β-lactam (4-membered cyclic amide) rings is 1. The minimum Gasteiger partial charge on any atom is -0.476 e. The first-order chi connectivity index (χ1) is 7.63. The topological polar surface area (TPSA) is 101 Å². The number of amides is 1. The lowest BCUT2D eigenvalue weighted by Crippen LogP contribution is -2.50. The standard InChI is InChI=1S/C8H10ClNO6S/c1-4(16-17(2,14)15)7(8(12)13)10-5(9)3-6(10)11/h5H,3H2,1-2H3,(H,12,13). The molecule has 96 valence electrons. The van der Waals surface area contributed by atoms with Crippen molar-refractivity contribution < 1.29 is 27.3 Å². The van der Waals surface area contributed by atoms with E-state index in [4.69, 9.17) is 16.7 Å². The predicted molar refractivity (Wildman–Crippen MR) is 57.4 cm³/mol. The normalized spacial score (nSPS) is 21.7. The van der Waals surface area contributed by atoms with Gasteiger partial charge in [0.05, 0.1) is 12.7 Å². The molecule has 1 heterocycles. The number of hydrogen-bond acceptors (Lipinski definition) is 5. The van der Waals surface area contributed by atoms with Crippen LogP contribution in [0.15, 0.2) is 11.5 Å². The summed E-state index contributed by atoms with van der Waals surface area (Å²) in [6.45, 7) is 1.14. The molecule has 0 aromatic carbocycles. The molecule has 1 fully saturated rings. The Morgan fingerprint density at radius 3 is 2.41 bits per heavy atom. The van der Waals surface area contributed by atoms with Crippen LogP contribution >= 0.6 is 11.6 Å². The zero-order valence-electron chi connectivity index (χ0n) is 9.01. The van der Waals surface area contributed by atoms with Crippen LogP contribution < -0.4 is 0 Å². The number of nitrogens with zero attached hydrogens (tertiary/aromatic N) is 1. The summed E-state index contributed by atoms with van der Waals surface area (Å²) in [5.74, 6) is -2.39. The molecule has 0 aliphatic carbocycles. The smallest absolute Gasteiger partial charge is 0.356 e. The molecule has 0 aromatic heterocycles. The number of likely N-dealkylation sites (tertiary alicyclic amines) is 1. The summed E-state index contributed by atoms with van der Waals surface area (Å²) < 4.78 is 26.2. The van der Waals surface area contributed by atoms with Gasteiger partial charge in [0.25, 0.3) is 0 Å². The molecule has 9 heteroatoms. The van der Waals surface area contributed by atoms with Crippen LogP contribution in [-0.4, -0.2) is 42.1 Å². The van der Waals surface area contributed by atoms with Crippen molar-refractivity contribution in [1.29, 1.82) is 0 Å². The number of allylic oxidation sites excluding steroid dienone is 1. The van der Waals surface area contributed by atoms with E-state index in [-0.39, 0.29) is 6.42 Å². The van der Waals surface area contributed by atoms with Crippen molar-refractivity contribution in [1.82, 2.24) is 4.90 Å².